The van der Waals surface area contributed by atoms with E-state index in [1.807, 2.05) is 30.9 Å². The Balaban J connectivity index is 1.94. The summed E-state index contributed by atoms with van der Waals surface area (Å²) in [4.78, 5) is 26.6. The molecule has 0 saturated carbocycles. The van der Waals surface area contributed by atoms with E-state index in [1.54, 1.807) is 43.5 Å². The molecule has 7 heteroatoms. The minimum atomic E-state index is -0.268. The zero-order valence-electron chi connectivity index (χ0n) is 16.9. The summed E-state index contributed by atoms with van der Waals surface area (Å²) in [7, 11) is 1.54. The highest BCUT2D eigenvalue weighted by Gasteiger charge is 2.13. The van der Waals surface area contributed by atoms with Crippen LogP contribution in [0.15, 0.2) is 48.5 Å². The Labute approximate surface area is 171 Å². The molecule has 2 N–H and O–H groups in total. The monoisotopic (exact) mass is 394 g/mol. The maximum atomic E-state index is 12.4. The van der Waals surface area contributed by atoms with Crippen molar-refractivity contribution in [2.24, 2.45) is 5.92 Å². The fraction of sp³-hybridized carbons (Fsp3) is 0.318. The average molecular weight is 394 g/mol. The molecule has 0 radical (unpaired) electrons. The number of carbonyl (C=O) groups is 2. The normalized spacial score (nSPS) is 11.4. The minimum Gasteiger partial charge on any atom is -0.495 e. The summed E-state index contributed by atoms with van der Waals surface area (Å²) in [5.41, 5.74) is 1.66. The van der Waals surface area contributed by atoms with Crippen LogP contribution in [0.2, 0.25) is 0 Å². The van der Waals surface area contributed by atoms with Crippen molar-refractivity contribution in [3.05, 3.63) is 54.1 Å². The number of rotatable bonds is 9. The lowest BCUT2D eigenvalue weighted by molar-refractivity contribution is -0.117. The Kier molecular flexibility index (Phi) is 8.19. The predicted octanol–water partition coefficient (Wildman–Crippen LogP) is 3.37. The lowest BCUT2D eigenvalue weighted by atomic mass is 10.1. The molecule has 152 valence electrons. The molecule has 2 rings (SSSR count). The van der Waals surface area contributed by atoms with Crippen LogP contribution in [0, 0.1) is 17.2 Å². The third-order valence-electron chi connectivity index (χ3n) is 4.35. The molecule has 0 fully saturated rings. The third kappa shape index (κ3) is 6.63. The van der Waals surface area contributed by atoms with E-state index in [9.17, 15) is 9.59 Å². The molecule has 1 unspecified atom stereocenters. The van der Waals surface area contributed by atoms with E-state index in [0.29, 0.717) is 35.8 Å². The van der Waals surface area contributed by atoms with Crippen LogP contribution in [0.4, 0.5) is 11.4 Å². The van der Waals surface area contributed by atoms with Gasteiger partial charge in [-0.05, 0) is 49.9 Å². The summed E-state index contributed by atoms with van der Waals surface area (Å²) >= 11 is 0. The van der Waals surface area contributed by atoms with Crippen molar-refractivity contribution in [3.8, 4) is 11.8 Å². The topological polar surface area (TPSA) is 94.5 Å². The first-order valence-corrected chi connectivity index (χ1v) is 9.43. The van der Waals surface area contributed by atoms with Gasteiger partial charge in [0.05, 0.1) is 31.3 Å². The molecule has 0 aliphatic carbocycles. The van der Waals surface area contributed by atoms with Crippen molar-refractivity contribution in [2.45, 2.75) is 13.8 Å². The molecule has 0 aliphatic rings. The van der Waals surface area contributed by atoms with Gasteiger partial charge in [0.15, 0.2) is 0 Å². The molecule has 0 aromatic heterocycles. The van der Waals surface area contributed by atoms with E-state index < -0.39 is 0 Å². The summed E-state index contributed by atoms with van der Waals surface area (Å²) in [5.74, 6) is 0.0120. The number of likely N-dealkylation sites (N-methyl/N-ethyl adjacent to an activating group) is 1. The Bertz CT molecular complexity index is 874. The van der Waals surface area contributed by atoms with Gasteiger partial charge >= 0.3 is 0 Å². The van der Waals surface area contributed by atoms with Crippen LogP contribution in [-0.4, -0.2) is 43.5 Å². The Morgan fingerprint density at radius 1 is 1.14 bits per heavy atom. The van der Waals surface area contributed by atoms with Crippen LogP contribution >= 0.6 is 0 Å². The minimum absolute atomic E-state index is 0.135. The number of ether oxygens (including phenoxy) is 1. The van der Waals surface area contributed by atoms with Gasteiger partial charge in [0.2, 0.25) is 5.91 Å². The van der Waals surface area contributed by atoms with Crippen LogP contribution in [0.1, 0.15) is 24.2 Å². The smallest absolute Gasteiger partial charge is 0.255 e. The molecule has 0 aliphatic heterocycles. The number of nitrogens with one attached hydrogen (secondary N) is 2. The van der Waals surface area contributed by atoms with Crippen molar-refractivity contribution in [1.29, 1.82) is 5.26 Å². The van der Waals surface area contributed by atoms with E-state index in [2.05, 4.69) is 16.7 Å². The van der Waals surface area contributed by atoms with Crippen molar-refractivity contribution in [1.82, 2.24) is 4.90 Å². The van der Waals surface area contributed by atoms with Crippen molar-refractivity contribution in [2.75, 3.05) is 37.4 Å². The molecule has 2 aromatic carbocycles. The standard InChI is InChI=1S/C22H26N4O3/c1-4-26(14-16(2)13-23)15-21(27)24-18-11-9-17(10-12-18)22(28)25-19-7-5-6-8-20(19)29-3/h5-12,16H,4,14-15H2,1-3H3,(H,24,27)(H,25,28). The highest BCUT2D eigenvalue weighted by Crippen LogP contribution is 2.23. The number of anilines is 2. The Hall–Kier alpha value is -3.37. The number of amides is 2. The van der Waals surface area contributed by atoms with Gasteiger partial charge in [-0.15, -0.1) is 0 Å². The number of para-hydroxylation sites is 2. The van der Waals surface area contributed by atoms with Gasteiger partial charge in [-0.3, -0.25) is 14.5 Å². The summed E-state index contributed by atoms with van der Waals surface area (Å²) in [6.45, 7) is 5.21. The Morgan fingerprint density at radius 2 is 1.83 bits per heavy atom. The summed E-state index contributed by atoms with van der Waals surface area (Å²) in [6.07, 6.45) is 0. The predicted molar refractivity (Wildman–Crippen MR) is 113 cm³/mol. The van der Waals surface area contributed by atoms with Gasteiger partial charge in [0, 0.05) is 17.8 Å². The van der Waals surface area contributed by atoms with Gasteiger partial charge in [-0.25, -0.2) is 0 Å². The molecule has 2 aromatic rings. The maximum absolute atomic E-state index is 12.4. The van der Waals surface area contributed by atoms with E-state index in [1.165, 1.54) is 0 Å². The molecule has 0 spiro atoms. The first-order valence-electron chi connectivity index (χ1n) is 9.43. The third-order valence-corrected chi connectivity index (χ3v) is 4.35. The summed E-state index contributed by atoms with van der Waals surface area (Å²) < 4.78 is 5.23. The number of methoxy groups -OCH3 is 1. The van der Waals surface area contributed by atoms with Crippen LogP contribution in [0.3, 0.4) is 0 Å². The lowest BCUT2D eigenvalue weighted by Gasteiger charge is -2.20. The van der Waals surface area contributed by atoms with Gasteiger partial charge in [-0.1, -0.05) is 19.1 Å². The second kappa shape index (κ2) is 10.8. The molecule has 0 heterocycles. The van der Waals surface area contributed by atoms with Gasteiger partial charge in [-0.2, -0.15) is 5.26 Å². The molecule has 29 heavy (non-hydrogen) atoms. The van der Waals surface area contributed by atoms with Gasteiger partial charge in [0.1, 0.15) is 5.75 Å². The molecule has 7 nitrogen and oxygen atoms in total. The summed E-state index contributed by atoms with van der Waals surface area (Å²) in [6, 6.07) is 16.0. The zero-order valence-corrected chi connectivity index (χ0v) is 16.9. The van der Waals surface area contributed by atoms with Crippen molar-refractivity contribution in [3.63, 3.8) is 0 Å². The van der Waals surface area contributed by atoms with Gasteiger partial charge < -0.3 is 15.4 Å². The quantitative estimate of drug-likeness (QED) is 0.680. The first-order chi connectivity index (χ1) is 14.0. The second-order valence-electron chi connectivity index (χ2n) is 6.64. The van der Waals surface area contributed by atoms with Crippen LogP contribution < -0.4 is 15.4 Å². The molecular weight excluding hydrogens is 368 g/mol. The molecule has 0 bridgehead atoms. The van der Waals surface area contributed by atoms with Crippen LogP contribution in [-0.2, 0) is 4.79 Å². The SMILES string of the molecule is CCN(CC(=O)Nc1ccc(C(=O)Nc2ccccc2OC)cc1)CC(C)C#N. The molecule has 1 atom stereocenters. The zero-order chi connectivity index (χ0) is 21.2. The number of nitrogens with zero attached hydrogens (tertiary/aromatic N) is 2. The largest absolute Gasteiger partial charge is 0.495 e. The van der Waals surface area contributed by atoms with Crippen molar-refractivity contribution >= 4 is 23.2 Å². The number of hydrogen-bond acceptors (Lipinski definition) is 5. The van der Waals surface area contributed by atoms with E-state index >= 15 is 0 Å². The maximum Gasteiger partial charge on any atom is 0.255 e. The number of nitriles is 1. The molecule has 0 saturated heterocycles. The van der Waals surface area contributed by atoms with Gasteiger partial charge in [0.25, 0.3) is 5.91 Å². The Morgan fingerprint density at radius 3 is 2.45 bits per heavy atom. The lowest BCUT2D eigenvalue weighted by Crippen LogP contribution is -2.35. The number of hydrogen-bond donors (Lipinski definition) is 2. The summed E-state index contributed by atoms with van der Waals surface area (Å²) in [5, 5.41) is 14.6. The number of carbonyl (C=O) groups excluding carboxylic acids is 2. The van der Waals surface area contributed by atoms with E-state index in [4.69, 9.17) is 10.00 Å². The highest BCUT2D eigenvalue weighted by atomic mass is 16.5. The van der Waals surface area contributed by atoms with E-state index in [-0.39, 0.29) is 24.3 Å². The highest BCUT2D eigenvalue weighted by molar-refractivity contribution is 6.05. The second-order valence-corrected chi connectivity index (χ2v) is 6.64. The first kappa shape index (κ1) is 21.9. The number of benzene rings is 2. The van der Waals surface area contributed by atoms with Crippen LogP contribution in [0.5, 0.6) is 5.75 Å². The van der Waals surface area contributed by atoms with Crippen molar-refractivity contribution < 1.29 is 14.3 Å². The molecular formula is C22H26N4O3. The fourth-order valence-corrected chi connectivity index (χ4v) is 2.78. The fourth-order valence-electron chi connectivity index (χ4n) is 2.78. The van der Waals surface area contributed by atoms with Crippen LogP contribution in [0.25, 0.3) is 0 Å². The average Bonchev–Trinajstić information content (AvgIpc) is 2.73. The molecule has 2 amide bonds. The van der Waals surface area contributed by atoms with E-state index in [0.717, 1.165) is 0 Å².